The van der Waals surface area contributed by atoms with Gasteiger partial charge in [-0.3, -0.25) is 13.8 Å². The third kappa shape index (κ3) is 9.18. The zero-order valence-corrected chi connectivity index (χ0v) is 23.8. The topological polar surface area (TPSA) is 75.7 Å². The minimum Gasteiger partial charge on any atom is -0.364 e. The molecule has 1 aliphatic rings. The first-order chi connectivity index (χ1) is 16.9. The second-order valence-corrected chi connectivity index (χ2v) is 12.7. The van der Waals surface area contributed by atoms with Gasteiger partial charge in [0, 0.05) is 44.3 Å². The van der Waals surface area contributed by atoms with E-state index in [0.29, 0.717) is 23.8 Å². The van der Waals surface area contributed by atoms with Gasteiger partial charge in [-0.2, -0.15) is 0 Å². The molecule has 0 spiro atoms. The van der Waals surface area contributed by atoms with Crippen LogP contribution in [0.4, 0.5) is 0 Å². The molecule has 0 radical (unpaired) electrons. The van der Waals surface area contributed by atoms with Crippen LogP contribution in [0, 0.1) is 0 Å². The highest BCUT2D eigenvalue weighted by molar-refractivity contribution is 7.86. The molecule has 2 aromatic rings. The number of carbonyl (C=O) groups excluding carboxylic acids is 2. The monoisotopic (exact) mass is 554 g/mol. The molecule has 3 rings (SSSR count). The predicted octanol–water partition coefficient (Wildman–Crippen LogP) is 5.41. The van der Waals surface area contributed by atoms with Gasteiger partial charge in [-0.15, -0.1) is 0 Å². The lowest BCUT2D eigenvalue weighted by Gasteiger charge is -2.44. The number of nitrogens with one attached hydrogen (secondary N) is 1. The van der Waals surface area contributed by atoms with Crippen LogP contribution in [0.25, 0.3) is 0 Å². The number of benzene rings is 2. The number of ether oxygens (including phenoxy) is 1. The van der Waals surface area contributed by atoms with Crippen LogP contribution in [-0.4, -0.2) is 56.7 Å². The van der Waals surface area contributed by atoms with E-state index < -0.39 is 16.9 Å². The Bertz CT molecular complexity index is 1010. The summed E-state index contributed by atoms with van der Waals surface area (Å²) in [5, 5.41) is 4.07. The van der Waals surface area contributed by atoms with Crippen molar-refractivity contribution in [3.8, 4) is 0 Å². The predicted molar refractivity (Wildman–Crippen MR) is 148 cm³/mol. The zero-order valence-electron chi connectivity index (χ0n) is 21.5. The SMILES string of the molecule is CCC(CS(=O)C(C)(C)C)N1C(=O)C(CNC(C)=O)OCC1c1ccc(Cl)cc1.Clc1ccccc1. The van der Waals surface area contributed by atoms with E-state index in [9.17, 15) is 13.8 Å². The van der Waals surface area contributed by atoms with Crippen LogP contribution >= 0.6 is 23.2 Å². The molecule has 4 atom stereocenters. The summed E-state index contributed by atoms with van der Waals surface area (Å²) in [4.78, 5) is 26.4. The Morgan fingerprint density at radius 1 is 1.11 bits per heavy atom. The fourth-order valence-corrected chi connectivity index (χ4v) is 5.19. The lowest BCUT2D eigenvalue weighted by molar-refractivity contribution is -0.163. The van der Waals surface area contributed by atoms with Crippen LogP contribution in [0.1, 0.15) is 52.6 Å². The van der Waals surface area contributed by atoms with E-state index in [-0.39, 0.29) is 35.2 Å². The van der Waals surface area contributed by atoms with Crippen LogP contribution in [0.2, 0.25) is 10.0 Å². The first-order valence-electron chi connectivity index (χ1n) is 12.0. The minimum absolute atomic E-state index is 0.122. The Morgan fingerprint density at radius 2 is 1.69 bits per heavy atom. The summed E-state index contributed by atoms with van der Waals surface area (Å²) in [5.74, 6) is -0.0146. The summed E-state index contributed by atoms with van der Waals surface area (Å²) < 4.78 is 18.3. The van der Waals surface area contributed by atoms with Gasteiger partial charge in [0.2, 0.25) is 5.91 Å². The Hall–Kier alpha value is -1.93. The first kappa shape index (κ1) is 30.3. The van der Waals surface area contributed by atoms with E-state index in [1.807, 2.05) is 75.1 Å². The Kier molecular flexibility index (Phi) is 11.9. The van der Waals surface area contributed by atoms with Crippen molar-refractivity contribution in [1.29, 1.82) is 0 Å². The van der Waals surface area contributed by atoms with E-state index in [2.05, 4.69) is 5.32 Å². The van der Waals surface area contributed by atoms with E-state index >= 15 is 0 Å². The minimum atomic E-state index is -1.11. The number of amides is 2. The first-order valence-corrected chi connectivity index (χ1v) is 14.0. The molecule has 6 nitrogen and oxygen atoms in total. The summed E-state index contributed by atoms with van der Waals surface area (Å²) in [6.45, 7) is 9.64. The maximum absolute atomic E-state index is 13.3. The smallest absolute Gasteiger partial charge is 0.254 e. The van der Waals surface area contributed by atoms with Gasteiger partial charge in [0.05, 0.1) is 19.2 Å². The van der Waals surface area contributed by atoms with Crippen molar-refractivity contribution >= 4 is 45.8 Å². The van der Waals surface area contributed by atoms with Crippen LogP contribution < -0.4 is 5.32 Å². The molecule has 1 fully saturated rings. The van der Waals surface area contributed by atoms with Gasteiger partial charge in [-0.1, -0.05) is 60.5 Å². The quantitative estimate of drug-likeness (QED) is 0.496. The summed E-state index contributed by atoms with van der Waals surface area (Å²) in [7, 11) is -1.11. The lowest BCUT2D eigenvalue weighted by atomic mass is 10.00. The fourth-order valence-electron chi connectivity index (χ4n) is 3.67. The molecular weight excluding hydrogens is 519 g/mol. The molecule has 0 aliphatic carbocycles. The van der Waals surface area contributed by atoms with Crippen molar-refractivity contribution in [2.45, 2.75) is 64.0 Å². The molecule has 1 N–H and O–H groups in total. The standard InChI is InChI=1S/C21H31ClN2O4S.C6H5Cl/c1-6-17(13-29(27)21(3,4)5)24-18(15-7-9-16(22)10-8-15)12-28-19(20(24)26)11-23-14(2)25;7-6-4-2-1-3-5-6/h7-10,17-19H,6,11-13H2,1-5H3,(H,23,25);1-5H. The highest BCUT2D eigenvalue weighted by Crippen LogP contribution is 2.32. The van der Waals surface area contributed by atoms with Crippen LogP contribution in [0.3, 0.4) is 0 Å². The Labute approximate surface area is 227 Å². The molecular formula is C27H36Cl2N2O4S. The van der Waals surface area contributed by atoms with Gasteiger partial charge >= 0.3 is 0 Å². The van der Waals surface area contributed by atoms with Gasteiger partial charge in [0.25, 0.3) is 5.91 Å². The van der Waals surface area contributed by atoms with Gasteiger partial charge in [-0.05, 0) is 57.0 Å². The molecule has 0 saturated carbocycles. The second-order valence-electron chi connectivity index (χ2n) is 9.55. The summed E-state index contributed by atoms with van der Waals surface area (Å²) in [6.07, 6.45) is -0.0793. The van der Waals surface area contributed by atoms with Crippen LogP contribution in [-0.2, 0) is 25.1 Å². The largest absolute Gasteiger partial charge is 0.364 e. The van der Waals surface area contributed by atoms with Crippen LogP contribution in [0.5, 0.6) is 0 Å². The Morgan fingerprint density at radius 3 is 2.17 bits per heavy atom. The summed E-state index contributed by atoms with van der Waals surface area (Å²) >= 11 is 11.6. The van der Waals surface area contributed by atoms with Crippen molar-refractivity contribution < 1.29 is 18.5 Å². The molecule has 4 unspecified atom stereocenters. The number of carbonyl (C=O) groups is 2. The van der Waals surface area contributed by atoms with Crippen LogP contribution in [0.15, 0.2) is 54.6 Å². The molecule has 2 aromatic carbocycles. The zero-order chi connectivity index (χ0) is 26.9. The molecule has 2 amide bonds. The van der Waals surface area contributed by atoms with Crippen molar-refractivity contribution in [3.63, 3.8) is 0 Å². The average Bonchev–Trinajstić information content (AvgIpc) is 2.82. The maximum atomic E-state index is 13.3. The number of hydrogen-bond donors (Lipinski definition) is 1. The number of halogens is 2. The number of morpholine rings is 1. The third-order valence-corrected chi connectivity index (χ3v) is 8.29. The molecule has 1 aliphatic heterocycles. The number of hydrogen-bond acceptors (Lipinski definition) is 4. The van der Waals surface area contributed by atoms with Crippen molar-refractivity contribution in [3.05, 3.63) is 70.2 Å². The lowest BCUT2D eigenvalue weighted by Crippen LogP contribution is -2.57. The third-order valence-electron chi connectivity index (χ3n) is 5.74. The van der Waals surface area contributed by atoms with Gasteiger partial charge in [0.1, 0.15) is 0 Å². The number of nitrogens with zero attached hydrogens (tertiary/aromatic N) is 1. The highest BCUT2D eigenvalue weighted by atomic mass is 35.5. The van der Waals surface area contributed by atoms with E-state index in [4.69, 9.17) is 27.9 Å². The summed E-state index contributed by atoms with van der Waals surface area (Å²) in [5.41, 5.74) is 0.917. The van der Waals surface area contributed by atoms with E-state index in [0.717, 1.165) is 10.6 Å². The van der Waals surface area contributed by atoms with Gasteiger partial charge in [0.15, 0.2) is 6.10 Å². The second kappa shape index (κ2) is 14.1. The molecule has 0 bridgehead atoms. The van der Waals surface area contributed by atoms with Gasteiger partial charge < -0.3 is 15.0 Å². The van der Waals surface area contributed by atoms with E-state index in [1.54, 1.807) is 12.1 Å². The highest BCUT2D eigenvalue weighted by Gasteiger charge is 2.41. The Balaban J connectivity index is 0.000000558. The number of rotatable bonds is 7. The molecule has 1 heterocycles. The van der Waals surface area contributed by atoms with Crippen molar-refractivity contribution in [2.75, 3.05) is 18.9 Å². The summed E-state index contributed by atoms with van der Waals surface area (Å²) in [6, 6.07) is 16.3. The molecule has 36 heavy (non-hydrogen) atoms. The van der Waals surface area contributed by atoms with Crippen molar-refractivity contribution in [1.82, 2.24) is 10.2 Å². The average molecular weight is 556 g/mol. The molecule has 1 saturated heterocycles. The molecule has 198 valence electrons. The maximum Gasteiger partial charge on any atom is 0.254 e. The normalized spacial score (nSPS) is 19.6. The van der Waals surface area contributed by atoms with Gasteiger partial charge in [-0.25, -0.2) is 0 Å². The fraction of sp³-hybridized carbons (Fsp3) is 0.481. The molecule has 0 aromatic heterocycles. The van der Waals surface area contributed by atoms with E-state index in [1.165, 1.54) is 6.92 Å². The molecule has 9 heteroatoms. The van der Waals surface area contributed by atoms with Crippen molar-refractivity contribution in [2.24, 2.45) is 0 Å².